The molecular weight excluding hydrogens is 534 g/mol. The van der Waals surface area contributed by atoms with Crippen molar-refractivity contribution in [3.63, 3.8) is 0 Å². The number of carbonyl (C=O) groups excluding carboxylic acids is 2. The third-order valence-electron chi connectivity index (χ3n) is 7.46. The fourth-order valence-electron chi connectivity index (χ4n) is 5.35. The van der Waals surface area contributed by atoms with Crippen molar-refractivity contribution in [2.24, 2.45) is 0 Å². The van der Waals surface area contributed by atoms with Gasteiger partial charge in [0.25, 0.3) is 0 Å². The lowest BCUT2D eigenvalue weighted by molar-refractivity contribution is -0.133. The number of aromatic nitrogens is 2. The minimum atomic E-state index is -0.265. The predicted octanol–water partition coefficient (Wildman–Crippen LogP) is 3.81. The summed E-state index contributed by atoms with van der Waals surface area (Å²) in [6, 6.07) is 7.92. The third kappa shape index (κ3) is 5.83. The van der Waals surface area contributed by atoms with Crippen molar-refractivity contribution in [1.29, 1.82) is 0 Å². The van der Waals surface area contributed by atoms with E-state index in [2.05, 4.69) is 29.0 Å². The number of anilines is 1. The van der Waals surface area contributed by atoms with Crippen LogP contribution in [-0.2, 0) is 17.8 Å². The zero-order valence-corrected chi connectivity index (χ0v) is 24.6. The fourth-order valence-corrected chi connectivity index (χ4v) is 6.68. The molecule has 208 valence electrons. The van der Waals surface area contributed by atoms with Gasteiger partial charge in [-0.25, -0.2) is 14.8 Å². The van der Waals surface area contributed by atoms with Gasteiger partial charge in [0.2, 0.25) is 5.91 Å². The molecule has 0 saturated carbocycles. The highest BCUT2D eigenvalue weighted by Gasteiger charge is 2.32. The summed E-state index contributed by atoms with van der Waals surface area (Å²) < 4.78 is 0. The number of hydrogen-bond acceptors (Lipinski definition) is 7. The van der Waals surface area contributed by atoms with Crippen LogP contribution in [0.15, 0.2) is 30.6 Å². The minimum absolute atomic E-state index is 0.0331. The summed E-state index contributed by atoms with van der Waals surface area (Å²) in [5, 5.41) is 5.21. The standard InChI is InChI=1S/C28H36ClN7O2S/c1-18(2)30-15-22(19-5-7-20(29)8-6-19)27(37)35-13-11-34(12-14-35)25-24-21-9-10-36(28(38)33(3)4)16-23(21)39-26(24)32-17-31-25/h5-8,17-18,22,30H,9-16H2,1-4H3. The summed E-state index contributed by atoms with van der Waals surface area (Å²) in [7, 11) is 3.57. The van der Waals surface area contributed by atoms with Crippen LogP contribution < -0.4 is 10.2 Å². The molecule has 3 amide bonds. The molecule has 4 heterocycles. The first kappa shape index (κ1) is 27.6. The van der Waals surface area contributed by atoms with Crippen molar-refractivity contribution in [3.8, 4) is 0 Å². The second-order valence-corrected chi connectivity index (χ2v) is 12.2. The smallest absolute Gasteiger partial charge is 0.319 e. The average molecular weight is 570 g/mol. The maximum atomic E-state index is 13.7. The van der Waals surface area contributed by atoms with Crippen molar-refractivity contribution < 1.29 is 9.59 Å². The second-order valence-electron chi connectivity index (χ2n) is 10.7. The summed E-state index contributed by atoms with van der Waals surface area (Å²) in [5.41, 5.74) is 2.23. The Kier molecular flexibility index (Phi) is 8.25. The molecule has 1 unspecified atom stereocenters. The molecule has 39 heavy (non-hydrogen) atoms. The van der Waals surface area contributed by atoms with Crippen molar-refractivity contribution in [1.82, 2.24) is 30.0 Å². The van der Waals surface area contributed by atoms with Crippen LogP contribution in [0.25, 0.3) is 10.2 Å². The molecule has 9 nitrogen and oxygen atoms in total. The first-order valence-corrected chi connectivity index (χ1v) is 14.7. The number of rotatable bonds is 6. The lowest BCUT2D eigenvalue weighted by Gasteiger charge is -2.37. The average Bonchev–Trinajstić information content (AvgIpc) is 3.31. The van der Waals surface area contributed by atoms with Crippen LogP contribution in [0.2, 0.25) is 5.02 Å². The van der Waals surface area contributed by atoms with E-state index in [0.29, 0.717) is 50.8 Å². The Labute approximate surface area is 238 Å². The van der Waals surface area contributed by atoms with Crippen molar-refractivity contribution >= 4 is 50.9 Å². The van der Waals surface area contributed by atoms with Crippen LogP contribution in [0.4, 0.5) is 10.6 Å². The topological polar surface area (TPSA) is 84.9 Å². The monoisotopic (exact) mass is 569 g/mol. The van der Waals surface area contributed by atoms with E-state index in [4.69, 9.17) is 16.6 Å². The van der Waals surface area contributed by atoms with Crippen LogP contribution in [0, 0.1) is 0 Å². The summed E-state index contributed by atoms with van der Waals surface area (Å²) >= 11 is 7.77. The van der Waals surface area contributed by atoms with Gasteiger partial charge in [-0.3, -0.25) is 4.79 Å². The van der Waals surface area contributed by atoms with Crippen molar-refractivity contribution in [2.75, 3.05) is 58.3 Å². The van der Waals surface area contributed by atoms with Gasteiger partial charge in [0.05, 0.1) is 17.8 Å². The summed E-state index contributed by atoms with van der Waals surface area (Å²) in [6.45, 7) is 8.73. The van der Waals surface area contributed by atoms with Gasteiger partial charge in [-0.1, -0.05) is 37.6 Å². The van der Waals surface area contributed by atoms with Gasteiger partial charge in [-0.2, -0.15) is 0 Å². The Bertz CT molecular complexity index is 1340. The third-order valence-corrected chi connectivity index (χ3v) is 8.84. The molecule has 0 aliphatic carbocycles. The number of nitrogens with zero attached hydrogens (tertiary/aromatic N) is 6. The van der Waals surface area contributed by atoms with E-state index < -0.39 is 0 Å². The molecule has 1 fully saturated rings. The zero-order valence-electron chi connectivity index (χ0n) is 23.0. The van der Waals surface area contributed by atoms with Crippen LogP contribution >= 0.6 is 22.9 Å². The summed E-state index contributed by atoms with van der Waals surface area (Å²) in [6.07, 6.45) is 2.42. The molecule has 0 radical (unpaired) electrons. The lowest BCUT2D eigenvalue weighted by Crippen LogP contribution is -2.51. The number of piperazine rings is 1. The molecule has 1 atom stereocenters. The van der Waals surface area contributed by atoms with E-state index in [1.165, 1.54) is 10.4 Å². The van der Waals surface area contributed by atoms with E-state index in [-0.39, 0.29) is 23.9 Å². The molecular formula is C28H36ClN7O2S. The normalized spacial score (nSPS) is 16.5. The van der Waals surface area contributed by atoms with Crippen LogP contribution in [0.5, 0.6) is 0 Å². The number of urea groups is 1. The number of benzene rings is 1. The molecule has 2 aliphatic heterocycles. The van der Waals surface area contributed by atoms with Crippen molar-refractivity contribution in [2.45, 2.75) is 38.8 Å². The Morgan fingerprint density at radius 3 is 2.44 bits per heavy atom. The van der Waals surface area contributed by atoms with E-state index >= 15 is 0 Å². The summed E-state index contributed by atoms with van der Waals surface area (Å²) in [5.74, 6) is 0.808. The highest BCUT2D eigenvalue weighted by Crippen LogP contribution is 2.39. The Morgan fingerprint density at radius 2 is 1.77 bits per heavy atom. The first-order valence-electron chi connectivity index (χ1n) is 13.5. The number of nitrogens with one attached hydrogen (secondary N) is 1. The number of halogens is 1. The van der Waals surface area contributed by atoms with E-state index in [9.17, 15) is 9.59 Å². The van der Waals surface area contributed by atoms with Crippen molar-refractivity contribution in [3.05, 3.63) is 51.6 Å². The van der Waals surface area contributed by atoms with Gasteiger partial charge in [-0.15, -0.1) is 11.3 Å². The Morgan fingerprint density at radius 1 is 1.05 bits per heavy atom. The molecule has 0 spiro atoms. The SMILES string of the molecule is CC(C)NCC(C(=O)N1CCN(c2ncnc3sc4c(c23)CCN(C(=O)N(C)C)C4)CC1)c1ccc(Cl)cc1. The molecule has 2 aromatic heterocycles. The second kappa shape index (κ2) is 11.7. The number of thiophene rings is 1. The Hall–Kier alpha value is -2.95. The molecule has 0 bridgehead atoms. The summed E-state index contributed by atoms with van der Waals surface area (Å²) in [4.78, 5) is 45.4. The van der Waals surface area contributed by atoms with Crippen LogP contribution in [-0.4, -0.2) is 96.0 Å². The quantitative estimate of drug-likeness (QED) is 0.486. The zero-order chi connectivity index (χ0) is 27.7. The van der Waals surface area contributed by atoms with Gasteiger partial charge in [0, 0.05) is 69.3 Å². The fraction of sp³-hybridized carbons (Fsp3) is 0.500. The number of amides is 3. The number of fused-ring (bicyclic) bond motifs is 3. The Balaban J connectivity index is 1.32. The van der Waals surface area contributed by atoms with Gasteiger partial charge in [0.15, 0.2) is 0 Å². The van der Waals surface area contributed by atoms with Crippen LogP contribution in [0.3, 0.4) is 0 Å². The lowest BCUT2D eigenvalue weighted by atomic mass is 9.96. The molecule has 3 aromatic rings. The van der Waals surface area contributed by atoms with Gasteiger partial charge in [0.1, 0.15) is 17.0 Å². The molecule has 2 aliphatic rings. The minimum Gasteiger partial charge on any atom is -0.352 e. The largest absolute Gasteiger partial charge is 0.352 e. The van der Waals surface area contributed by atoms with Crippen LogP contribution in [0.1, 0.15) is 35.8 Å². The molecule has 11 heteroatoms. The van der Waals surface area contributed by atoms with E-state index in [1.807, 2.05) is 34.1 Å². The molecule has 5 rings (SSSR count). The highest BCUT2D eigenvalue weighted by atomic mass is 35.5. The molecule has 1 saturated heterocycles. The van der Waals surface area contributed by atoms with E-state index in [0.717, 1.165) is 28.0 Å². The number of carbonyl (C=O) groups is 2. The van der Waals surface area contributed by atoms with Gasteiger partial charge < -0.3 is 24.9 Å². The van der Waals surface area contributed by atoms with Gasteiger partial charge in [-0.05, 0) is 29.7 Å². The highest BCUT2D eigenvalue weighted by molar-refractivity contribution is 7.19. The van der Waals surface area contributed by atoms with Gasteiger partial charge >= 0.3 is 6.03 Å². The predicted molar refractivity (Wildman–Crippen MR) is 157 cm³/mol. The molecule has 1 aromatic carbocycles. The maximum absolute atomic E-state index is 13.7. The number of hydrogen-bond donors (Lipinski definition) is 1. The maximum Gasteiger partial charge on any atom is 0.319 e. The van der Waals surface area contributed by atoms with E-state index in [1.54, 1.807) is 36.7 Å². The molecule has 1 N–H and O–H groups in total. The first-order chi connectivity index (χ1) is 18.7.